The van der Waals surface area contributed by atoms with Crippen LogP contribution in [0.4, 0.5) is 10.1 Å². The lowest BCUT2D eigenvalue weighted by Crippen LogP contribution is -2.60. The molecular formula is C13H17FN2. The van der Waals surface area contributed by atoms with Crippen molar-refractivity contribution in [3.8, 4) is 0 Å². The lowest BCUT2D eigenvalue weighted by atomic mass is 9.63. The summed E-state index contributed by atoms with van der Waals surface area (Å²) in [6.45, 7) is 2.46. The first-order chi connectivity index (χ1) is 7.74. The Morgan fingerprint density at radius 1 is 1.31 bits per heavy atom. The van der Waals surface area contributed by atoms with Crippen LogP contribution in [-0.2, 0) is 6.54 Å². The Bertz CT molecular complexity index is 404. The molecule has 0 bridgehead atoms. The molecule has 0 atom stereocenters. The first-order valence-electron chi connectivity index (χ1n) is 5.97. The smallest absolute Gasteiger partial charge is 0.129 e. The number of hydrogen-bond donors (Lipinski definition) is 1. The topological polar surface area (TPSA) is 29.3 Å². The van der Waals surface area contributed by atoms with Crippen LogP contribution in [0.5, 0.6) is 0 Å². The van der Waals surface area contributed by atoms with Gasteiger partial charge in [-0.2, -0.15) is 0 Å². The lowest BCUT2D eigenvalue weighted by Gasteiger charge is -2.57. The normalized spacial score (nSPS) is 21.8. The summed E-state index contributed by atoms with van der Waals surface area (Å²) < 4.78 is 13.6. The van der Waals surface area contributed by atoms with Gasteiger partial charge in [-0.15, -0.1) is 0 Å². The molecule has 2 nitrogen and oxygen atoms in total. The van der Waals surface area contributed by atoms with Gasteiger partial charge in [0.15, 0.2) is 0 Å². The number of anilines is 1. The molecule has 1 aromatic carbocycles. The second-order valence-electron chi connectivity index (χ2n) is 5.15. The molecular weight excluding hydrogens is 203 g/mol. The minimum absolute atomic E-state index is 0.172. The summed E-state index contributed by atoms with van der Waals surface area (Å²) in [5.41, 5.74) is 7.85. The highest BCUT2D eigenvalue weighted by Crippen LogP contribution is 2.49. The van der Waals surface area contributed by atoms with Crippen molar-refractivity contribution in [2.24, 2.45) is 11.1 Å². The van der Waals surface area contributed by atoms with E-state index in [9.17, 15) is 4.39 Å². The first-order valence-corrected chi connectivity index (χ1v) is 5.97. The van der Waals surface area contributed by atoms with Crippen LogP contribution < -0.4 is 10.6 Å². The van der Waals surface area contributed by atoms with E-state index in [2.05, 4.69) is 4.90 Å². The molecule has 1 aromatic rings. The van der Waals surface area contributed by atoms with Gasteiger partial charge in [-0.3, -0.25) is 0 Å². The third kappa shape index (κ3) is 1.34. The van der Waals surface area contributed by atoms with Crippen LogP contribution in [0.2, 0.25) is 0 Å². The lowest BCUT2D eigenvalue weighted by molar-refractivity contribution is 0.0902. The molecule has 0 radical (unpaired) electrons. The van der Waals surface area contributed by atoms with Crippen LogP contribution in [0, 0.1) is 11.2 Å². The maximum atomic E-state index is 13.6. The summed E-state index contributed by atoms with van der Waals surface area (Å²) in [6, 6.07) is 5.25. The summed E-state index contributed by atoms with van der Waals surface area (Å²) in [7, 11) is 0. The molecule has 0 aromatic heterocycles. The van der Waals surface area contributed by atoms with E-state index < -0.39 is 0 Å². The summed E-state index contributed by atoms with van der Waals surface area (Å²) in [4.78, 5) is 2.27. The molecule has 2 N–H and O–H groups in total. The van der Waals surface area contributed by atoms with Crippen molar-refractivity contribution < 1.29 is 4.39 Å². The molecule has 2 fully saturated rings. The van der Waals surface area contributed by atoms with Crippen LogP contribution in [0.25, 0.3) is 0 Å². The highest BCUT2D eigenvalue weighted by molar-refractivity contribution is 5.57. The summed E-state index contributed by atoms with van der Waals surface area (Å²) in [5, 5.41) is 0. The SMILES string of the molecule is NCc1c(F)cccc1N1CC2(CCC2)C1. The fraction of sp³-hybridized carbons (Fsp3) is 0.538. The molecule has 3 rings (SSSR count). The summed E-state index contributed by atoms with van der Waals surface area (Å²) in [5.74, 6) is -0.172. The predicted molar refractivity (Wildman–Crippen MR) is 62.8 cm³/mol. The van der Waals surface area contributed by atoms with E-state index in [0.717, 1.165) is 18.8 Å². The van der Waals surface area contributed by atoms with Gasteiger partial charge in [0.2, 0.25) is 0 Å². The van der Waals surface area contributed by atoms with Crippen LogP contribution in [0.15, 0.2) is 18.2 Å². The zero-order valence-corrected chi connectivity index (χ0v) is 9.38. The maximum Gasteiger partial charge on any atom is 0.129 e. The molecule has 2 aliphatic rings. The van der Waals surface area contributed by atoms with Crippen molar-refractivity contribution >= 4 is 5.69 Å². The molecule has 1 spiro atoms. The van der Waals surface area contributed by atoms with Gasteiger partial charge in [0.1, 0.15) is 5.82 Å². The van der Waals surface area contributed by atoms with Gasteiger partial charge < -0.3 is 10.6 Å². The predicted octanol–water partition coefficient (Wildman–Crippen LogP) is 2.27. The molecule has 3 heteroatoms. The second kappa shape index (κ2) is 3.45. The third-order valence-corrected chi connectivity index (χ3v) is 4.11. The number of rotatable bonds is 2. The van der Waals surface area contributed by atoms with E-state index in [1.807, 2.05) is 6.07 Å². The van der Waals surface area contributed by atoms with Gasteiger partial charge in [-0.1, -0.05) is 12.5 Å². The summed E-state index contributed by atoms with van der Waals surface area (Å²) in [6.07, 6.45) is 4.05. The van der Waals surface area contributed by atoms with Gasteiger partial charge in [-0.25, -0.2) is 4.39 Å². The fourth-order valence-electron chi connectivity index (χ4n) is 2.97. The van der Waals surface area contributed by atoms with Crippen molar-refractivity contribution in [3.05, 3.63) is 29.6 Å². The Morgan fingerprint density at radius 3 is 2.62 bits per heavy atom. The van der Waals surface area contributed by atoms with Crippen LogP contribution >= 0.6 is 0 Å². The quantitative estimate of drug-likeness (QED) is 0.828. The van der Waals surface area contributed by atoms with Gasteiger partial charge in [0.25, 0.3) is 0 Å². The Balaban J connectivity index is 1.82. The molecule has 1 saturated carbocycles. The molecule has 1 aliphatic heterocycles. The average molecular weight is 220 g/mol. The minimum atomic E-state index is -0.172. The number of nitrogens with two attached hydrogens (primary N) is 1. The monoisotopic (exact) mass is 220 g/mol. The second-order valence-corrected chi connectivity index (χ2v) is 5.15. The number of hydrogen-bond acceptors (Lipinski definition) is 2. The molecule has 86 valence electrons. The number of benzene rings is 1. The van der Waals surface area contributed by atoms with E-state index in [-0.39, 0.29) is 12.4 Å². The molecule has 1 heterocycles. The Labute approximate surface area is 95.2 Å². The van der Waals surface area contributed by atoms with E-state index >= 15 is 0 Å². The largest absolute Gasteiger partial charge is 0.370 e. The van der Waals surface area contributed by atoms with Crippen LogP contribution in [0.1, 0.15) is 24.8 Å². The van der Waals surface area contributed by atoms with Crippen LogP contribution in [-0.4, -0.2) is 13.1 Å². The molecule has 0 unspecified atom stereocenters. The van der Waals surface area contributed by atoms with Crippen molar-refractivity contribution in [2.45, 2.75) is 25.8 Å². The fourth-order valence-corrected chi connectivity index (χ4v) is 2.97. The molecule has 1 aliphatic carbocycles. The van der Waals surface area contributed by atoms with Gasteiger partial charge in [0, 0.05) is 36.3 Å². The number of halogens is 1. The third-order valence-electron chi connectivity index (χ3n) is 4.11. The van der Waals surface area contributed by atoms with Gasteiger partial charge >= 0.3 is 0 Å². The zero-order valence-electron chi connectivity index (χ0n) is 9.38. The molecule has 1 saturated heterocycles. The van der Waals surface area contributed by atoms with Crippen molar-refractivity contribution in [1.82, 2.24) is 0 Å². The van der Waals surface area contributed by atoms with Gasteiger partial charge in [-0.05, 0) is 25.0 Å². The Hall–Kier alpha value is -1.09. The van der Waals surface area contributed by atoms with Crippen LogP contribution in [0.3, 0.4) is 0 Å². The maximum absolute atomic E-state index is 13.6. The highest BCUT2D eigenvalue weighted by Gasteiger charge is 2.47. The number of nitrogens with zero attached hydrogens (tertiary/aromatic N) is 1. The molecule has 16 heavy (non-hydrogen) atoms. The minimum Gasteiger partial charge on any atom is -0.370 e. The Kier molecular flexibility index (Phi) is 2.18. The van der Waals surface area contributed by atoms with E-state index in [0.29, 0.717) is 11.0 Å². The molecule has 0 amide bonds. The summed E-state index contributed by atoms with van der Waals surface area (Å²) >= 11 is 0. The van der Waals surface area contributed by atoms with E-state index in [4.69, 9.17) is 5.73 Å². The van der Waals surface area contributed by atoms with Crippen molar-refractivity contribution in [1.29, 1.82) is 0 Å². The van der Waals surface area contributed by atoms with E-state index in [1.54, 1.807) is 6.07 Å². The van der Waals surface area contributed by atoms with Crippen molar-refractivity contribution in [3.63, 3.8) is 0 Å². The standard InChI is InChI=1S/C13H17FN2/c14-11-3-1-4-12(10(11)7-15)16-8-13(9-16)5-2-6-13/h1,3-4H,2,5-9,15H2. The average Bonchev–Trinajstić information content (AvgIpc) is 2.13. The Morgan fingerprint density at radius 2 is 2.06 bits per heavy atom. The van der Waals surface area contributed by atoms with E-state index in [1.165, 1.54) is 25.3 Å². The zero-order chi connectivity index (χ0) is 11.2. The van der Waals surface area contributed by atoms with Crippen molar-refractivity contribution in [2.75, 3.05) is 18.0 Å². The first kappa shape index (κ1) is 10.1. The highest BCUT2D eigenvalue weighted by atomic mass is 19.1. The van der Waals surface area contributed by atoms with Gasteiger partial charge in [0.05, 0.1) is 0 Å².